The minimum absolute atomic E-state index is 0.0479. The lowest BCUT2D eigenvalue weighted by Crippen LogP contribution is -2.18. The van der Waals surface area contributed by atoms with Crippen LogP contribution in [0.15, 0.2) is 59.5 Å². The van der Waals surface area contributed by atoms with Crippen LogP contribution in [0.1, 0.15) is 11.3 Å². The third kappa shape index (κ3) is 3.88. The molecular weight excluding hydrogens is 379 g/mol. The zero-order valence-corrected chi connectivity index (χ0v) is 15.3. The Bertz CT molecular complexity index is 1050. The summed E-state index contributed by atoms with van der Waals surface area (Å²) in [5, 5.41) is 4.09. The van der Waals surface area contributed by atoms with Gasteiger partial charge >= 0.3 is 6.18 Å². The van der Waals surface area contributed by atoms with E-state index in [0.717, 1.165) is 16.3 Å². The van der Waals surface area contributed by atoms with Crippen molar-refractivity contribution in [3.8, 4) is 16.9 Å². The molecule has 0 atom stereocenters. The first-order valence-corrected chi connectivity index (χ1v) is 9.38. The third-order valence-corrected chi connectivity index (χ3v) is 5.44. The van der Waals surface area contributed by atoms with Gasteiger partial charge in [-0.1, -0.05) is 29.8 Å². The zero-order chi connectivity index (χ0) is 19.8. The highest BCUT2D eigenvalue weighted by molar-refractivity contribution is 7.89. The van der Waals surface area contributed by atoms with Crippen molar-refractivity contribution in [3.05, 3.63) is 65.9 Å². The molecule has 142 valence electrons. The number of hydrogen-bond donors (Lipinski definition) is 1. The first-order valence-electron chi connectivity index (χ1n) is 7.90. The highest BCUT2D eigenvalue weighted by atomic mass is 32.2. The molecule has 0 aliphatic carbocycles. The van der Waals surface area contributed by atoms with Crippen molar-refractivity contribution in [2.45, 2.75) is 18.0 Å². The van der Waals surface area contributed by atoms with Gasteiger partial charge in [0.15, 0.2) is 0 Å². The number of benzene rings is 2. The van der Waals surface area contributed by atoms with Crippen LogP contribution in [0.4, 0.5) is 13.2 Å². The van der Waals surface area contributed by atoms with E-state index < -0.39 is 21.9 Å². The van der Waals surface area contributed by atoms with E-state index in [-0.39, 0.29) is 16.3 Å². The molecule has 0 fully saturated rings. The number of halogens is 3. The maximum absolute atomic E-state index is 13.5. The van der Waals surface area contributed by atoms with Gasteiger partial charge in [-0.05, 0) is 44.3 Å². The monoisotopic (exact) mass is 395 g/mol. The third-order valence-electron chi connectivity index (χ3n) is 4.01. The van der Waals surface area contributed by atoms with E-state index in [0.29, 0.717) is 5.56 Å². The number of nitrogens with one attached hydrogen (secondary N) is 1. The number of aromatic nitrogens is 2. The molecule has 0 amide bonds. The van der Waals surface area contributed by atoms with E-state index in [1.165, 1.54) is 31.3 Å². The minimum atomic E-state index is -4.62. The summed E-state index contributed by atoms with van der Waals surface area (Å²) in [6, 6.07) is 13.0. The lowest BCUT2D eigenvalue weighted by molar-refractivity contribution is -0.142. The van der Waals surface area contributed by atoms with Crippen molar-refractivity contribution in [2.24, 2.45) is 0 Å². The summed E-state index contributed by atoms with van der Waals surface area (Å²) in [5.74, 6) is 0. The first kappa shape index (κ1) is 19.1. The van der Waals surface area contributed by atoms with E-state index >= 15 is 0 Å². The van der Waals surface area contributed by atoms with Crippen LogP contribution >= 0.6 is 0 Å². The van der Waals surface area contributed by atoms with E-state index in [2.05, 4.69) is 9.82 Å². The molecule has 9 heteroatoms. The van der Waals surface area contributed by atoms with E-state index in [1.54, 1.807) is 24.3 Å². The van der Waals surface area contributed by atoms with Gasteiger partial charge in [0.2, 0.25) is 10.0 Å². The first-order chi connectivity index (χ1) is 12.6. The molecule has 1 aromatic heterocycles. The lowest BCUT2D eigenvalue weighted by Gasteiger charge is -2.10. The quantitative estimate of drug-likeness (QED) is 0.731. The Morgan fingerprint density at radius 1 is 1.00 bits per heavy atom. The van der Waals surface area contributed by atoms with Gasteiger partial charge in [-0.25, -0.2) is 17.8 Å². The molecule has 0 spiro atoms. The van der Waals surface area contributed by atoms with Crippen LogP contribution in [0.3, 0.4) is 0 Å². The average Bonchev–Trinajstić information content (AvgIpc) is 3.08. The summed E-state index contributed by atoms with van der Waals surface area (Å²) in [6.45, 7) is 1.88. The molecule has 0 aliphatic rings. The van der Waals surface area contributed by atoms with Gasteiger partial charge in [0.25, 0.3) is 0 Å². The van der Waals surface area contributed by atoms with Crippen molar-refractivity contribution in [2.75, 3.05) is 7.05 Å². The average molecular weight is 395 g/mol. The van der Waals surface area contributed by atoms with Crippen LogP contribution in [0.5, 0.6) is 0 Å². The molecular formula is C18H16F3N3O2S. The Labute approximate surface area is 154 Å². The number of rotatable bonds is 4. The van der Waals surface area contributed by atoms with E-state index in [4.69, 9.17) is 0 Å². The molecule has 0 saturated heterocycles. The van der Waals surface area contributed by atoms with Gasteiger partial charge < -0.3 is 0 Å². The van der Waals surface area contributed by atoms with Crippen molar-refractivity contribution < 1.29 is 21.6 Å². The van der Waals surface area contributed by atoms with Gasteiger partial charge in [-0.3, -0.25) is 0 Å². The molecule has 0 unspecified atom stereocenters. The Morgan fingerprint density at radius 3 is 2.11 bits per heavy atom. The molecule has 27 heavy (non-hydrogen) atoms. The van der Waals surface area contributed by atoms with Crippen LogP contribution in [0, 0.1) is 6.92 Å². The molecule has 0 saturated carbocycles. The standard InChI is InChI=1S/C18H16F3N3O2S/c1-12-3-5-13(6-4-12)16-11-17(18(19,20)21)24(23-16)14-7-9-15(10-8-14)27(25,26)22-2/h3-11,22H,1-2H3. The molecule has 5 nitrogen and oxygen atoms in total. The Hall–Kier alpha value is -2.65. The lowest BCUT2D eigenvalue weighted by atomic mass is 10.1. The van der Waals surface area contributed by atoms with Gasteiger partial charge in [0, 0.05) is 5.56 Å². The van der Waals surface area contributed by atoms with E-state index in [9.17, 15) is 21.6 Å². The van der Waals surface area contributed by atoms with Crippen molar-refractivity contribution in [3.63, 3.8) is 0 Å². The van der Waals surface area contributed by atoms with Gasteiger partial charge in [0.1, 0.15) is 5.69 Å². The van der Waals surface area contributed by atoms with Crippen LogP contribution in [0.2, 0.25) is 0 Å². The summed E-state index contributed by atoms with van der Waals surface area (Å²) in [6.07, 6.45) is -4.62. The molecule has 1 N–H and O–H groups in total. The Balaban J connectivity index is 2.10. The Kier molecular flexibility index (Phi) is 4.83. The summed E-state index contributed by atoms with van der Waals surface area (Å²) in [7, 11) is -2.42. The molecule has 2 aromatic carbocycles. The van der Waals surface area contributed by atoms with Gasteiger partial charge in [-0.2, -0.15) is 18.3 Å². The second-order valence-electron chi connectivity index (χ2n) is 5.89. The summed E-state index contributed by atoms with van der Waals surface area (Å²) in [4.78, 5) is -0.0479. The minimum Gasteiger partial charge on any atom is -0.228 e. The number of hydrogen-bond acceptors (Lipinski definition) is 3. The Morgan fingerprint density at radius 2 is 1.59 bits per heavy atom. The van der Waals surface area contributed by atoms with Crippen LogP contribution in [-0.4, -0.2) is 25.2 Å². The maximum atomic E-state index is 13.5. The summed E-state index contributed by atoms with van der Waals surface area (Å²) >= 11 is 0. The predicted molar refractivity (Wildman–Crippen MR) is 95.0 cm³/mol. The second-order valence-corrected chi connectivity index (χ2v) is 7.78. The fourth-order valence-electron chi connectivity index (χ4n) is 2.53. The highest BCUT2D eigenvalue weighted by Crippen LogP contribution is 2.34. The van der Waals surface area contributed by atoms with Crippen molar-refractivity contribution in [1.29, 1.82) is 0 Å². The van der Waals surface area contributed by atoms with Crippen LogP contribution < -0.4 is 4.72 Å². The summed E-state index contributed by atoms with van der Waals surface area (Å²) < 4.78 is 66.9. The largest absolute Gasteiger partial charge is 0.433 e. The second kappa shape index (κ2) is 6.82. The van der Waals surface area contributed by atoms with Crippen LogP contribution in [0.25, 0.3) is 16.9 Å². The fraction of sp³-hybridized carbons (Fsp3) is 0.167. The summed E-state index contributed by atoms with van der Waals surface area (Å²) in [5.41, 5.74) is 0.877. The van der Waals surface area contributed by atoms with Crippen molar-refractivity contribution >= 4 is 10.0 Å². The van der Waals surface area contributed by atoms with E-state index in [1.807, 2.05) is 6.92 Å². The highest BCUT2D eigenvalue weighted by Gasteiger charge is 2.36. The van der Waals surface area contributed by atoms with Gasteiger partial charge in [0.05, 0.1) is 16.3 Å². The molecule has 0 radical (unpaired) electrons. The molecule has 1 heterocycles. The SMILES string of the molecule is CNS(=O)(=O)c1ccc(-n2nc(-c3ccc(C)cc3)cc2C(F)(F)F)cc1. The normalized spacial score (nSPS) is 12.3. The molecule has 0 aliphatic heterocycles. The van der Waals surface area contributed by atoms with Crippen LogP contribution in [-0.2, 0) is 16.2 Å². The molecule has 3 aromatic rings. The van der Waals surface area contributed by atoms with Crippen molar-refractivity contribution in [1.82, 2.24) is 14.5 Å². The number of sulfonamides is 1. The maximum Gasteiger partial charge on any atom is 0.433 e. The topological polar surface area (TPSA) is 64.0 Å². The number of aryl methyl sites for hydroxylation is 1. The smallest absolute Gasteiger partial charge is 0.228 e. The number of alkyl halides is 3. The zero-order valence-electron chi connectivity index (χ0n) is 14.4. The molecule has 3 rings (SSSR count). The number of nitrogens with zero attached hydrogens (tertiary/aromatic N) is 2. The predicted octanol–water partition coefficient (Wildman–Crippen LogP) is 3.77. The van der Waals surface area contributed by atoms with Gasteiger partial charge in [-0.15, -0.1) is 0 Å². The molecule has 0 bridgehead atoms. The fourth-order valence-corrected chi connectivity index (χ4v) is 3.26.